The fourth-order valence-electron chi connectivity index (χ4n) is 0.774. The van der Waals surface area contributed by atoms with Crippen molar-refractivity contribution in [3.63, 3.8) is 0 Å². The van der Waals surface area contributed by atoms with Crippen molar-refractivity contribution in [2.24, 2.45) is 0 Å². The average Bonchev–Trinajstić information content (AvgIpc) is 2.13. The molecular weight excluding hydrogens is 215 g/mol. The third-order valence-electron chi connectivity index (χ3n) is 1.20. The lowest BCUT2D eigenvalue weighted by molar-refractivity contribution is 0.616. The van der Waals surface area contributed by atoms with Crippen molar-refractivity contribution in [2.45, 2.75) is 19.8 Å². The summed E-state index contributed by atoms with van der Waals surface area (Å²) >= 11 is 4.71. The first-order valence-corrected chi connectivity index (χ1v) is 4.78. The Hall–Kier alpha value is 0.110. The van der Waals surface area contributed by atoms with E-state index in [9.17, 15) is 4.39 Å². The van der Waals surface area contributed by atoms with Gasteiger partial charge in [-0.25, -0.2) is 4.39 Å². The highest BCUT2D eigenvalue weighted by atomic mass is 79.9. The monoisotopic (exact) mass is 222 g/mol. The highest BCUT2D eigenvalue weighted by Crippen LogP contribution is 2.26. The Labute approximate surface area is 72.2 Å². The van der Waals surface area contributed by atoms with Crippen molar-refractivity contribution in [1.82, 2.24) is 0 Å². The van der Waals surface area contributed by atoms with Gasteiger partial charge in [-0.2, -0.15) is 0 Å². The van der Waals surface area contributed by atoms with Gasteiger partial charge in [0.2, 0.25) is 0 Å². The van der Waals surface area contributed by atoms with Crippen molar-refractivity contribution in [3.05, 3.63) is 20.5 Å². The lowest BCUT2D eigenvalue weighted by atomic mass is 10.3. The number of halogens is 2. The first kappa shape index (κ1) is 8.21. The summed E-state index contributed by atoms with van der Waals surface area (Å²) in [5, 5.41) is 0. The van der Waals surface area contributed by atoms with Crippen LogP contribution in [0.4, 0.5) is 4.39 Å². The second-order valence-corrected chi connectivity index (χ2v) is 4.59. The number of rotatable bonds is 2. The second-order valence-electron chi connectivity index (χ2n) is 2.07. The van der Waals surface area contributed by atoms with Crippen LogP contribution in [-0.2, 0) is 6.42 Å². The molecule has 0 aromatic carbocycles. The van der Waals surface area contributed by atoms with E-state index in [1.165, 1.54) is 17.4 Å². The summed E-state index contributed by atoms with van der Waals surface area (Å²) in [6.45, 7) is 2.05. The first-order chi connectivity index (χ1) is 4.74. The maximum absolute atomic E-state index is 12.8. The molecule has 0 unspecified atom stereocenters. The summed E-state index contributed by atoms with van der Waals surface area (Å²) in [5.41, 5.74) is 0. The lowest BCUT2D eigenvalue weighted by Gasteiger charge is -1.89. The molecule has 10 heavy (non-hydrogen) atoms. The fraction of sp³-hybridized carbons (Fsp3) is 0.429. The molecule has 1 aromatic heterocycles. The molecule has 0 amide bonds. The lowest BCUT2D eigenvalue weighted by Crippen LogP contribution is -1.79. The van der Waals surface area contributed by atoms with Gasteiger partial charge in [-0.05, 0) is 28.4 Å². The van der Waals surface area contributed by atoms with Gasteiger partial charge in [0, 0.05) is 4.88 Å². The van der Waals surface area contributed by atoms with Gasteiger partial charge >= 0.3 is 0 Å². The van der Waals surface area contributed by atoms with Crippen molar-refractivity contribution in [3.8, 4) is 0 Å². The van der Waals surface area contributed by atoms with Gasteiger partial charge in [-0.15, -0.1) is 11.3 Å². The molecule has 0 saturated carbocycles. The zero-order valence-corrected chi connectivity index (χ0v) is 8.06. The Balaban J connectivity index is 2.81. The van der Waals surface area contributed by atoms with Gasteiger partial charge in [0.1, 0.15) is 5.82 Å². The van der Waals surface area contributed by atoms with Crippen LogP contribution >= 0.6 is 27.3 Å². The summed E-state index contributed by atoms with van der Waals surface area (Å²) in [6, 6.07) is 1.52. The summed E-state index contributed by atoms with van der Waals surface area (Å²) in [6.07, 6.45) is 1.85. The van der Waals surface area contributed by atoms with Gasteiger partial charge < -0.3 is 0 Å². The second kappa shape index (κ2) is 3.49. The molecule has 56 valence electrons. The van der Waals surface area contributed by atoms with Gasteiger partial charge in [-0.3, -0.25) is 0 Å². The molecule has 0 aliphatic heterocycles. The molecule has 0 fully saturated rings. The van der Waals surface area contributed by atoms with E-state index in [1.54, 1.807) is 0 Å². The summed E-state index contributed by atoms with van der Waals surface area (Å²) < 4.78 is 13.7. The predicted octanol–water partition coefficient (Wildman–Crippen LogP) is 3.60. The molecule has 0 nitrogen and oxygen atoms in total. The maximum Gasteiger partial charge on any atom is 0.138 e. The van der Waals surface area contributed by atoms with Crippen LogP contribution in [0.2, 0.25) is 0 Å². The number of hydrogen-bond donors (Lipinski definition) is 0. The van der Waals surface area contributed by atoms with Crippen molar-refractivity contribution >= 4 is 27.3 Å². The molecule has 0 aliphatic rings. The van der Waals surface area contributed by atoms with E-state index in [2.05, 4.69) is 15.9 Å². The van der Waals surface area contributed by atoms with Crippen molar-refractivity contribution in [2.75, 3.05) is 0 Å². The van der Waals surface area contributed by atoms with E-state index < -0.39 is 0 Å². The minimum Gasteiger partial charge on any atom is -0.206 e. The average molecular weight is 223 g/mol. The highest BCUT2D eigenvalue weighted by molar-refractivity contribution is 9.11. The quantitative estimate of drug-likeness (QED) is 0.718. The van der Waals surface area contributed by atoms with E-state index in [4.69, 9.17) is 0 Å². The normalized spacial score (nSPS) is 10.3. The predicted molar refractivity (Wildman–Crippen MR) is 46.0 cm³/mol. The minimum atomic E-state index is -0.0706. The molecule has 0 N–H and O–H groups in total. The Kier molecular flexibility index (Phi) is 2.86. The summed E-state index contributed by atoms with van der Waals surface area (Å²) in [4.78, 5) is 0.856. The number of hydrogen-bond acceptors (Lipinski definition) is 1. The molecule has 0 atom stereocenters. The Morgan fingerprint density at radius 1 is 1.70 bits per heavy atom. The minimum absolute atomic E-state index is 0.0706. The van der Waals surface area contributed by atoms with Crippen LogP contribution in [0.5, 0.6) is 0 Å². The highest BCUT2D eigenvalue weighted by Gasteiger charge is 2.04. The van der Waals surface area contributed by atoms with E-state index >= 15 is 0 Å². The molecule has 1 rings (SSSR count). The smallest absolute Gasteiger partial charge is 0.138 e. The topological polar surface area (TPSA) is 0 Å². The van der Waals surface area contributed by atoms with Gasteiger partial charge in [0.15, 0.2) is 0 Å². The number of thiophene rings is 1. The SMILES string of the molecule is CCCc1sc(Br)cc1F. The van der Waals surface area contributed by atoms with Crippen molar-refractivity contribution in [1.29, 1.82) is 0 Å². The third-order valence-corrected chi connectivity index (χ3v) is 2.88. The van der Waals surface area contributed by atoms with E-state index in [0.717, 1.165) is 21.5 Å². The van der Waals surface area contributed by atoms with E-state index in [0.29, 0.717) is 0 Å². The zero-order chi connectivity index (χ0) is 7.56. The van der Waals surface area contributed by atoms with Crippen LogP contribution < -0.4 is 0 Å². The fourth-order valence-corrected chi connectivity index (χ4v) is 2.42. The van der Waals surface area contributed by atoms with Gasteiger partial charge in [-0.1, -0.05) is 13.3 Å². The molecule has 0 radical (unpaired) electrons. The van der Waals surface area contributed by atoms with E-state index in [1.807, 2.05) is 6.92 Å². The van der Waals surface area contributed by atoms with Crippen LogP contribution in [0.3, 0.4) is 0 Å². The third kappa shape index (κ3) is 1.80. The molecule has 0 spiro atoms. The Bertz CT molecular complexity index is 219. The van der Waals surface area contributed by atoms with Crippen LogP contribution in [0.15, 0.2) is 9.85 Å². The van der Waals surface area contributed by atoms with Crippen LogP contribution in [0.1, 0.15) is 18.2 Å². The Morgan fingerprint density at radius 2 is 2.40 bits per heavy atom. The maximum atomic E-state index is 12.8. The van der Waals surface area contributed by atoms with Crippen molar-refractivity contribution < 1.29 is 4.39 Å². The summed E-state index contributed by atoms with van der Waals surface area (Å²) in [7, 11) is 0. The molecule has 1 aromatic rings. The molecule has 3 heteroatoms. The largest absolute Gasteiger partial charge is 0.206 e. The molecule has 0 saturated heterocycles. The molecule has 0 bridgehead atoms. The Morgan fingerprint density at radius 3 is 2.80 bits per heavy atom. The van der Waals surface area contributed by atoms with E-state index in [-0.39, 0.29) is 5.82 Å². The van der Waals surface area contributed by atoms with Crippen LogP contribution in [0.25, 0.3) is 0 Å². The first-order valence-electron chi connectivity index (χ1n) is 3.17. The van der Waals surface area contributed by atoms with Gasteiger partial charge in [0.05, 0.1) is 3.79 Å². The molecular formula is C7H8BrFS. The standard InChI is InChI=1S/C7H8BrFS/c1-2-3-6-5(9)4-7(8)10-6/h4H,2-3H2,1H3. The number of aryl methyl sites for hydroxylation is 1. The molecule has 0 aliphatic carbocycles. The summed E-state index contributed by atoms with van der Waals surface area (Å²) in [5.74, 6) is -0.0706. The van der Waals surface area contributed by atoms with Gasteiger partial charge in [0.25, 0.3) is 0 Å². The van der Waals surface area contributed by atoms with Crippen LogP contribution in [0, 0.1) is 5.82 Å². The zero-order valence-electron chi connectivity index (χ0n) is 5.66. The molecule has 1 heterocycles. The van der Waals surface area contributed by atoms with Crippen LogP contribution in [-0.4, -0.2) is 0 Å².